The van der Waals surface area contributed by atoms with E-state index in [1.54, 1.807) is 34.2 Å². The Balaban J connectivity index is 1.79. The Kier molecular flexibility index (Phi) is 4.86. The van der Waals surface area contributed by atoms with Gasteiger partial charge in [0, 0.05) is 18.9 Å². The molecule has 2 aromatic rings. The Morgan fingerprint density at radius 1 is 1.50 bits per heavy atom. The van der Waals surface area contributed by atoms with E-state index in [9.17, 15) is 10.1 Å². The van der Waals surface area contributed by atoms with E-state index in [1.165, 1.54) is 0 Å². The molecule has 0 bridgehead atoms. The second-order valence-corrected chi connectivity index (χ2v) is 6.52. The molecule has 0 radical (unpaired) electrons. The fourth-order valence-electron chi connectivity index (χ4n) is 3.07. The van der Waals surface area contributed by atoms with Gasteiger partial charge in [0.1, 0.15) is 11.2 Å². The summed E-state index contributed by atoms with van der Waals surface area (Å²) in [6, 6.07) is 3.87. The number of hydrogen-bond acceptors (Lipinski definition) is 7. The van der Waals surface area contributed by atoms with Gasteiger partial charge in [0.05, 0.1) is 31.1 Å². The van der Waals surface area contributed by atoms with Crippen molar-refractivity contribution in [3.63, 3.8) is 0 Å². The number of aliphatic hydroxyl groups excluding tert-OH is 1. The molecule has 1 amide bonds. The Bertz CT molecular complexity index is 842. The number of amides is 1. The molecule has 9 nitrogen and oxygen atoms in total. The Hall–Kier alpha value is -2.99. The largest absolute Gasteiger partial charge is 0.394 e. The zero-order valence-corrected chi connectivity index (χ0v) is 14.8. The average molecular weight is 355 g/mol. The topological polar surface area (TPSA) is 120 Å². The van der Waals surface area contributed by atoms with Gasteiger partial charge in [-0.25, -0.2) is 4.98 Å². The molecule has 0 saturated carbocycles. The number of nitrogens with one attached hydrogen (secondary N) is 1. The van der Waals surface area contributed by atoms with Crippen LogP contribution in [-0.2, 0) is 11.3 Å². The molecule has 26 heavy (non-hydrogen) atoms. The van der Waals surface area contributed by atoms with Crippen molar-refractivity contribution in [1.29, 1.82) is 5.26 Å². The second-order valence-electron chi connectivity index (χ2n) is 6.52. The summed E-state index contributed by atoms with van der Waals surface area (Å²) < 4.78 is 1.60. The van der Waals surface area contributed by atoms with E-state index in [0.717, 1.165) is 0 Å². The molecule has 1 saturated heterocycles. The molecule has 1 aliphatic heterocycles. The zero-order valence-electron chi connectivity index (χ0n) is 14.8. The minimum Gasteiger partial charge on any atom is -0.394 e. The van der Waals surface area contributed by atoms with Gasteiger partial charge in [-0.2, -0.15) is 15.3 Å². The van der Waals surface area contributed by atoms with Crippen LogP contribution in [0.15, 0.2) is 24.7 Å². The summed E-state index contributed by atoms with van der Waals surface area (Å²) >= 11 is 0. The third kappa shape index (κ3) is 3.11. The summed E-state index contributed by atoms with van der Waals surface area (Å²) in [6.45, 7) is 4.63. The Morgan fingerprint density at radius 3 is 2.96 bits per heavy atom. The molecule has 9 heteroatoms. The molecular formula is C17H21N7O2. The van der Waals surface area contributed by atoms with Gasteiger partial charge in [-0.1, -0.05) is 13.8 Å². The van der Waals surface area contributed by atoms with Gasteiger partial charge in [0.15, 0.2) is 0 Å². The maximum atomic E-state index is 12.8. The number of nitriles is 1. The second kappa shape index (κ2) is 7.09. The molecule has 1 aliphatic rings. The number of carbonyl (C=O) groups excluding carboxylic acids is 1. The minimum absolute atomic E-state index is 0.000665. The summed E-state index contributed by atoms with van der Waals surface area (Å²) in [5, 5.41) is 25.6. The molecule has 1 fully saturated rings. The maximum Gasteiger partial charge on any atom is 0.248 e. The molecule has 3 heterocycles. The number of rotatable bonds is 6. The highest BCUT2D eigenvalue weighted by Gasteiger charge is 2.50. The highest BCUT2D eigenvalue weighted by molar-refractivity contribution is 6.01. The molecule has 0 aliphatic carbocycles. The van der Waals surface area contributed by atoms with Crippen LogP contribution in [0.25, 0.3) is 0 Å². The van der Waals surface area contributed by atoms with Gasteiger partial charge in [0.2, 0.25) is 11.9 Å². The van der Waals surface area contributed by atoms with Gasteiger partial charge < -0.3 is 10.4 Å². The number of carbonyl (C=O) groups is 1. The lowest BCUT2D eigenvalue weighted by Gasteiger charge is -2.24. The standard InChI is InChI=1S/C17H21N7O2/c1-12(2)17(11-18)4-6-24(15(17)26)14-3-5-19-16(22-14)21-13-9-20-23(10-13)7-8-25/h3,5,9-10,12,25H,4,6-8H2,1-2H3,(H,19,21,22)/t17-/m1/s1. The lowest BCUT2D eigenvalue weighted by molar-refractivity contribution is -0.124. The van der Waals surface area contributed by atoms with E-state index in [-0.39, 0.29) is 18.4 Å². The van der Waals surface area contributed by atoms with Crippen molar-refractivity contribution < 1.29 is 9.90 Å². The quantitative estimate of drug-likeness (QED) is 0.801. The number of aliphatic hydroxyl groups is 1. The van der Waals surface area contributed by atoms with Crippen LogP contribution in [0.1, 0.15) is 20.3 Å². The summed E-state index contributed by atoms with van der Waals surface area (Å²) in [6.07, 6.45) is 5.39. The number of hydrogen-bond donors (Lipinski definition) is 2. The van der Waals surface area contributed by atoms with Crippen molar-refractivity contribution >= 4 is 23.4 Å². The highest BCUT2D eigenvalue weighted by atomic mass is 16.3. The van der Waals surface area contributed by atoms with Gasteiger partial charge in [0.25, 0.3) is 0 Å². The van der Waals surface area contributed by atoms with Crippen molar-refractivity contribution in [3.8, 4) is 6.07 Å². The van der Waals surface area contributed by atoms with Crippen LogP contribution in [0.5, 0.6) is 0 Å². The fraction of sp³-hybridized carbons (Fsp3) is 0.471. The van der Waals surface area contributed by atoms with Crippen LogP contribution in [0.4, 0.5) is 17.5 Å². The lowest BCUT2D eigenvalue weighted by atomic mass is 9.77. The van der Waals surface area contributed by atoms with E-state index in [2.05, 4.69) is 26.5 Å². The number of anilines is 3. The Morgan fingerprint density at radius 2 is 2.31 bits per heavy atom. The van der Waals surface area contributed by atoms with Crippen molar-refractivity contribution in [2.24, 2.45) is 11.3 Å². The van der Waals surface area contributed by atoms with Gasteiger partial charge in [-0.3, -0.25) is 14.4 Å². The summed E-state index contributed by atoms with van der Waals surface area (Å²) in [4.78, 5) is 22.9. The average Bonchev–Trinajstić information content (AvgIpc) is 3.20. The summed E-state index contributed by atoms with van der Waals surface area (Å²) in [7, 11) is 0. The third-order valence-corrected chi connectivity index (χ3v) is 4.68. The third-order valence-electron chi connectivity index (χ3n) is 4.68. The van der Waals surface area contributed by atoms with Crippen molar-refractivity contribution in [3.05, 3.63) is 24.7 Å². The monoisotopic (exact) mass is 355 g/mol. The molecule has 1 atom stereocenters. The Labute approximate surface area is 151 Å². The van der Waals surface area contributed by atoms with Crippen LogP contribution < -0.4 is 10.2 Å². The first-order valence-electron chi connectivity index (χ1n) is 8.47. The highest BCUT2D eigenvalue weighted by Crippen LogP contribution is 2.40. The molecule has 0 spiro atoms. The van der Waals surface area contributed by atoms with Gasteiger partial charge in [-0.15, -0.1) is 0 Å². The summed E-state index contributed by atoms with van der Waals surface area (Å²) in [5.74, 6) is 0.517. The SMILES string of the molecule is CC(C)[C@]1(C#N)CCN(c2ccnc(Nc3cnn(CCO)c3)n2)C1=O. The lowest BCUT2D eigenvalue weighted by Crippen LogP contribution is -2.37. The first-order valence-corrected chi connectivity index (χ1v) is 8.47. The van der Waals surface area contributed by atoms with Crippen LogP contribution in [-0.4, -0.2) is 43.9 Å². The number of nitrogens with zero attached hydrogens (tertiary/aromatic N) is 6. The molecule has 136 valence electrons. The molecular weight excluding hydrogens is 334 g/mol. The van der Waals surface area contributed by atoms with E-state index in [4.69, 9.17) is 5.11 Å². The smallest absolute Gasteiger partial charge is 0.248 e. The van der Waals surface area contributed by atoms with Crippen LogP contribution >= 0.6 is 0 Å². The molecule has 3 rings (SSSR count). The van der Waals surface area contributed by atoms with Crippen LogP contribution in [0.2, 0.25) is 0 Å². The molecule has 0 aromatic carbocycles. The molecule has 2 aromatic heterocycles. The van der Waals surface area contributed by atoms with Crippen molar-refractivity contribution in [2.75, 3.05) is 23.4 Å². The summed E-state index contributed by atoms with van der Waals surface area (Å²) in [5.41, 5.74) is -0.318. The van der Waals surface area contributed by atoms with Crippen LogP contribution in [0.3, 0.4) is 0 Å². The molecule has 2 N–H and O–H groups in total. The normalized spacial score (nSPS) is 19.8. The van der Waals surface area contributed by atoms with E-state index in [0.29, 0.717) is 37.0 Å². The minimum atomic E-state index is -0.996. The first kappa shape index (κ1) is 17.8. The maximum absolute atomic E-state index is 12.8. The zero-order chi connectivity index (χ0) is 18.7. The van der Waals surface area contributed by atoms with Gasteiger partial charge in [-0.05, 0) is 18.4 Å². The number of aromatic nitrogens is 4. The van der Waals surface area contributed by atoms with E-state index >= 15 is 0 Å². The predicted octanol–water partition coefficient (Wildman–Crippen LogP) is 1.31. The van der Waals surface area contributed by atoms with E-state index in [1.807, 2.05) is 13.8 Å². The molecule has 0 unspecified atom stereocenters. The van der Waals surface area contributed by atoms with E-state index < -0.39 is 5.41 Å². The fourth-order valence-corrected chi connectivity index (χ4v) is 3.07. The van der Waals surface area contributed by atoms with Crippen molar-refractivity contribution in [1.82, 2.24) is 19.7 Å². The first-order chi connectivity index (χ1) is 12.5. The van der Waals surface area contributed by atoms with Crippen molar-refractivity contribution in [2.45, 2.75) is 26.8 Å². The predicted molar refractivity (Wildman–Crippen MR) is 94.5 cm³/mol. The van der Waals surface area contributed by atoms with Gasteiger partial charge >= 0.3 is 0 Å². The van der Waals surface area contributed by atoms with Crippen LogP contribution in [0, 0.1) is 22.7 Å².